The van der Waals surface area contributed by atoms with Crippen molar-refractivity contribution in [3.63, 3.8) is 0 Å². The van der Waals surface area contributed by atoms with E-state index in [4.69, 9.17) is 4.42 Å². The average Bonchev–Trinajstić information content (AvgIpc) is 3.11. The van der Waals surface area contributed by atoms with E-state index < -0.39 is 10.8 Å². The number of pyridine rings is 1. The van der Waals surface area contributed by atoms with Crippen molar-refractivity contribution in [2.24, 2.45) is 0 Å². The van der Waals surface area contributed by atoms with Crippen LogP contribution >= 0.6 is 15.9 Å². The van der Waals surface area contributed by atoms with E-state index in [9.17, 15) is 14.9 Å². The fourth-order valence-corrected chi connectivity index (χ4v) is 2.99. The van der Waals surface area contributed by atoms with Crippen molar-refractivity contribution < 1.29 is 14.1 Å². The van der Waals surface area contributed by atoms with Crippen LogP contribution in [0.1, 0.15) is 10.4 Å². The Kier molecular flexibility index (Phi) is 4.58. The van der Waals surface area contributed by atoms with Crippen LogP contribution in [-0.4, -0.2) is 20.8 Å². The van der Waals surface area contributed by atoms with Crippen molar-refractivity contribution >= 4 is 44.3 Å². The molecule has 1 N–H and O–H groups in total. The van der Waals surface area contributed by atoms with Crippen molar-refractivity contribution in [3.05, 3.63) is 81.1 Å². The highest BCUT2D eigenvalue weighted by atomic mass is 79.9. The molecule has 0 saturated carbocycles. The molecule has 4 aromatic rings. The minimum Gasteiger partial charge on any atom is -0.436 e. The third-order valence-corrected chi connectivity index (χ3v) is 4.35. The molecule has 0 radical (unpaired) electrons. The number of anilines is 1. The smallest absolute Gasteiger partial charge is 0.270 e. The molecule has 2 aromatic carbocycles. The molecule has 2 aromatic heterocycles. The van der Waals surface area contributed by atoms with E-state index >= 15 is 0 Å². The number of carbonyl (C=O) groups excluding carboxylic acids is 1. The predicted octanol–water partition coefficient (Wildman–Crippen LogP) is 4.81. The SMILES string of the molecule is O=C(Nc1ccc2oc(-c3cncc(Br)c3)nc2c1)c1cccc([N+](=O)[O-])c1. The summed E-state index contributed by atoms with van der Waals surface area (Å²) < 4.78 is 6.54. The summed E-state index contributed by atoms with van der Waals surface area (Å²) in [5.74, 6) is -0.0473. The number of carbonyl (C=O) groups is 1. The maximum Gasteiger partial charge on any atom is 0.270 e. The molecule has 138 valence electrons. The number of non-ortho nitro benzene ring substituents is 1. The topological polar surface area (TPSA) is 111 Å². The van der Waals surface area contributed by atoms with Crippen molar-refractivity contribution in [1.82, 2.24) is 9.97 Å². The molecule has 0 fully saturated rings. The first-order chi connectivity index (χ1) is 13.5. The minimum absolute atomic E-state index is 0.146. The number of nitrogens with one attached hydrogen (secondary N) is 1. The zero-order valence-corrected chi connectivity index (χ0v) is 15.7. The van der Waals surface area contributed by atoms with E-state index in [-0.39, 0.29) is 11.3 Å². The summed E-state index contributed by atoms with van der Waals surface area (Å²) in [6.45, 7) is 0. The molecule has 0 saturated heterocycles. The molecule has 8 nitrogen and oxygen atoms in total. The maximum atomic E-state index is 12.4. The largest absolute Gasteiger partial charge is 0.436 e. The van der Waals surface area contributed by atoms with Gasteiger partial charge in [-0.2, -0.15) is 0 Å². The van der Waals surface area contributed by atoms with Gasteiger partial charge in [0.15, 0.2) is 5.58 Å². The number of fused-ring (bicyclic) bond motifs is 1. The van der Waals surface area contributed by atoms with Gasteiger partial charge < -0.3 is 9.73 Å². The quantitative estimate of drug-likeness (QED) is 0.361. The Hall–Kier alpha value is -3.59. The molecular weight excluding hydrogens is 428 g/mol. The lowest BCUT2D eigenvalue weighted by atomic mass is 10.2. The van der Waals surface area contributed by atoms with Crippen LogP contribution in [-0.2, 0) is 0 Å². The maximum absolute atomic E-state index is 12.4. The summed E-state index contributed by atoms with van der Waals surface area (Å²) in [4.78, 5) is 31.2. The summed E-state index contributed by atoms with van der Waals surface area (Å²) in [6, 6.07) is 12.4. The number of nitrogens with zero attached hydrogens (tertiary/aromatic N) is 3. The van der Waals surface area contributed by atoms with Crippen LogP contribution in [0.4, 0.5) is 11.4 Å². The van der Waals surface area contributed by atoms with Gasteiger partial charge in [0, 0.05) is 40.2 Å². The molecule has 0 aliphatic carbocycles. The Morgan fingerprint density at radius 1 is 1.14 bits per heavy atom. The average molecular weight is 439 g/mol. The fourth-order valence-electron chi connectivity index (χ4n) is 2.62. The third-order valence-electron chi connectivity index (χ3n) is 3.92. The molecule has 0 aliphatic rings. The molecular formula is C19H11BrN4O4. The zero-order valence-electron chi connectivity index (χ0n) is 14.1. The van der Waals surface area contributed by atoms with Crippen LogP contribution in [0.2, 0.25) is 0 Å². The fraction of sp³-hybridized carbons (Fsp3) is 0. The number of nitro groups is 1. The van der Waals surface area contributed by atoms with Crippen LogP contribution in [0.15, 0.2) is 69.8 Å². The first-order valence-corrected chi connectivity index (χ1v) is 8.86. The number of benzene rings is 2. The number of rotatable bonds is 4. The highest BCUT2D eigenvalue weighted by Crippen LogP contribution is 2.27. The highest BCUT2D eigenvalue weighted by Gasteiger charge is 2.13. The van der Waals surface area contributed by atoms with Crippen molar-refractivity contribution in [2.75, 3.05) is 5.32 Å². The van der Waals surface area contributed by atoms with Crippen molar-refractivity contribution in [2.45, 2.75) is 0 Å². The van der Waals surface area contributed by atoms with Crippen molar-refractivity contribution in [1.29, 1.82) is 0 Å². The molecule has 0 spiro atoms. The van der Waals surface area contributed by atoms with Gasteiger partial charge in [0.25, 0.3) is 11.6 Å². The Balaban J connectivity index is 1.60. The van der Waals surface area contributed by atoms with E-state index in [1.54, 1.807) is 30.6 Å². The van der Waals surface area contributed by atoms with Crippen LogP contribution in [0.25, 0.3) is 22.6 Å². The van der Waals surface area contributed by atoms with Gasteiger partial charge in [-0.3, -0.25) is 19.9 Å². The molecule has 0 unspecified atom stereocenters. The molecule has 0 bridgehead atoms. The summed E-state index contributed by atoms with van der Waals surface area (Å²) in [5, 5.41) is 13.6. The van der Waals surface area contributed by atoms with Gasteiger partial charge in [-0.15, -0.1) is 0 Å². The van der Waals surface area contributed by atoms with E-state index in [1.807, 2.05) is 6.07 Å². The second-order valence-corrected chi connectivity index (χ2v) is 6.77. The lowest BCUT2D eigenvalue weighted by molar-refractivity contribution is -0.384. The number of amides is 1. The van der Waals surface area contributed by atoms with Gasteiger partial charge in [-0.1, -0.05) is 6.07 Å². The summed E-state index contributed by atoms with van der Waals surface area (Å²) >= 11 is 3.36. The lowest BCUT2D eigenvalue weighted by Crippen LogP contribution is -2.12. The predicted molar refractivity (Wildman–Crippen MR) is 106 cm³/mol. The molecule has 9 heteroatoms. The van der Waals surface area contributed by atoms with Gasteiger partial charge in [0.2, 0.25) is 5.89 Å². The van der Waals surface area contributed by atoms with E-state index in [0.717, 1.165) is 4.47 Å². The Morgan fingerprint density at radius 2 is 2.00 bits per heavy atom. The van der Waals surface area contributed by atoms with Gasteiger partial charge in [-0.25, -0.2) is 4.98 Å². The highest BCUT2D eigenvalue weighted by molar-refractivity contribution is 9.10. The normalized spacial score (nSPS) is 10.8. The van der Waals surface area contributed by atoms with Crippen LogP contribution in [0.3, 0.4) is 0 Å². The number of halogens is 1. The molecule has 0 atom stereocenters. The molecule has 2 heterocycles. The number of oxazole rings is 1. The van der Waals surface area contributed by atoms with Gasteiger partial charge in [0.1, 0.15) is 5.52 Å². The summed E-state index contributed by atoms with van der Waals surface area (Å²) in [6.07, 6.45) is 3.30. The van der Waals surface area contributed by atoms with Crippen LogP contribution in [0.5, 0.6) is 0 Å². The Morgan fingerprint density at radius 3 is 2.79 bits per heavy atom. The Bertz CT molecular complexity index is 1220. The zero-order chi connectivity index (χ0) is 19.7. The van der Waals surface area contributed by atoms with Crippen LogP contribution in [0, 0.1) is 10.1 Å². The summed E-state index contributed by atoms with van der Waals surface area (Å²) in [5.41, 5.74) is 2.38. The molecule has 28 heavy (non-hydrogen) atoms. The number of nitro benzene ring substituents is 1. The first kappa shape index (κ1) is 17.8. The lowest BCUT2D eigenvalue weighted by Gasteiger charge is -2.04. The van der Waals surface area contributed by atoms with Crippen molar-refractivity contribution in [3.8, 4) is 11.5 Å². The minimum atomic E-state index is -0.545. The number of aromatic nitrogens is 2. The molecule has 0 aliphatic heterocycles. The Labute approximate surface area is 166 Å². The molecule has 1 amide bonds. The summed E-state index contributed by atoms with van der Waals surface area (Å²) in [7, 11) is 0. The second-order valence-electron chi connectivity index (χ2n) is 5.85. The monoisotopic (exact) mass is 438 g/mol. The van der Waals surface area contributed by atoms with Crippen LogP contribution < -0.4 is 5.32 Å². The number of hydrogen-bond acceptors (Lipinski definition) is 6. The number of hydrogen-bond donors (Lipinski definition) is 1. The van der Waals surface area contributed by atoms with Gasteiger partial charge in [-0.05, 0) is 46.3 Å². The van der Waals surface area contributed by atoms with E-state index in [1.165, 1.54) is 24.3 Å². The van der Waals surface area contributed by atoms with Gasteiger partial charge >= 0.3 is 0 Å². The molecule has 4 rings (SSSR count). The van der Waals surface area contributed by atoms with E-state index in [0.29, 0.717) is 28.2 Å². The first-order valence-electron chi connectivity index (χ1n) is 8.07. The van der Waals surface area contributed by atoms with Gasteiger partial charge in [0.05, 0.1) is 10.5 Å². The van der Waals surface area contributed by atoms with E-state index in [2.05, 4.69) is 31.2 Å². The second kappa shape index (κ2) is 7.20. The third kappa shape index (κ3) is 3.60. The standard InChI is InChI=1S/C19H11BrN4O4/c20-13-6-12(9-21-10-13)19-23-16-8-14(4-5-17(16)28-19)22-18(25)11-2-1-3-15(7-11)24(26)27/h1-10H,(H,22,25).